The minimum absolute atomic E-state index is 0.0322. The molecule has 0 aromatic heterocycles. The monoisotopic (exact) mass is 990 g/mol. The topological polar surface area (TPSA) is 111 Å². The number of esters is 1. The van der Waals surface area contributed by atoms with Gasteiger partial charge in [-0.3, -0.25) is 18.6 Å². The quantitative estimate of drug-likeness (QED) is 0.0205. The van der Waals surface area contributed by atoms with Crippen molar-refractivity contribution in [3.05, 3.63) is 60.8 Å². The summed E-state index contributed by atoms with van der Waals surface area (Å²) in [5.41, 5.74) is 0. The molecule has 402 valence electrons. The molecule has 0 fully saturated rings. The van der Waals surface area contributed by atoms with Crippen molar-refractivity contribution < 1.29 is 37.3 Å². The molecule has 0 aromatic carbocycles. The molecule has 0 heterocycles. The third-order valence-electron chi connectivity index (χ3n) is 12.4. The van der Waals surface area contributed by atoms with Gasteiger partial charge in [-0.2, -0.15) is 0 Å². The van der Waals surface area contributed by atoms with E-state index in [0.29, 0.717) is 23.9 Å². The van der Waals surface area contributed by atoms with Crippen LogP contribution in [0.15, 0.2) is 60.8 Å². The summed E-state index contributed by atoms with van der Waals surface area (Å²) in [6.07, 6.45) is 60.7. The molecule has 0 aliphatic heterocycles. The second kappa shape index (κ2) is 49.3. The lowest BCUT2D eigenvalue weighted by atomic mass is 10.0. The average molecular weight is 991 g/mol. The summed E-state index contributed by atoms with van der Waals surface area (Å²) in [6.45, 7) is 6.95. The van der Waals surface area contributed by atoms with Crippen molar-refractivity contribution in [2.24, 2.45) is 0 Å². The fraction of sp³-hybridized carbons (Fsp3) is 0.797. The number of nitrogens with zero attached hydrogens (tertiary/aromatic N) is 1. The van der Waals surface area contributed by atoms with Crippen molar-refractivity contribution in [2.75, 3.05) is 40.9 Å². The molecule has 0 bridgehead atoms. The molecular weight excluding hydrogens is 880 g/mol. The van der Waals surface area contributed by atoms with Gasteiger partial charge in [-0.05, 0) is 96.0 Å². The zero-order valence-electron chi connectivity index (χ0n) is 45.8. The maximum absolute atomic E-state index is 13.5. The van der Waals surface area contributed by atoms with Gasteiger partial charge in [0.2, 0.25) is 5.91 Å². The number of likely N-dealkylation sites (N-methyl/N-ethyl adjacent to an activating group) is 1. The maximum atomic E-state index is 13.5. The number of quaternary nitrogens is 1. The number of phosphoric ester groups is 1. The van der Waals surface area contributed by atoms with Crippen LogP contribution in [0.2, 0.25) is 0 Å². The zero-order valence-corrected chi connectivity index (χ0v) is 46.7. The molecule has 0 saturated carbocycles. The maximum Gasteiger partial charge on any atom is 0.472 e. The molecule has 0 spiro atoms. The molecule has 3 unspecified atom stereocenters. The first-order chi connectivity index (χ1) is 33.4. The highest BCUT2D eigenvalue weighted by atomic mass is 31.2. The van der Waals surface area contributed by atoms with E-state index in [1.807, 2.05) is 33.3 Å². The fourth-order valence-electron chi connectivity index (χ4n) is 7.94. The predicted octanol–water partition coefficient (Wildman–Crippen LogP) is 17.1. The molecule has 9 nitrogen and oxygen atoms in total. The first-order valence-corrected chi connectivity index (χ1v) is 30.1. The molecule has 0 aliphatic rings. The van der Waals surface area contributed by atoms with Gasteiger partial charge in [0.1, 0.15) is 19.3 Å². The summed E-state index contributed by atoms with van der Waals surface area (Å²) in [5.74, 6) is -0.548. The summed E-state index contributed by atoms with van der Waals surface area (Å²) < 4.78 is 30.6. The lowest BCUT2D eigenvalue weighted by Gasteiger charge is -2.27. The van der Waals surface area contributed by atoms with Gasteiger partial charge in [-0.15, -0.1) is 0 Å². The molecule has 0 saturated heterocycles. The Morgan fingerprint density at radius 1 is 0.507 bits per heavy atom. The molecule has 0 radical (unpaired) electrons. The van der Waals surface area contributed by atoms with Gasteiger partial charge in [0.15, 0.2) is 0 Å². The van der Waals surface area contributed by atoms with Gasteiger partial charge in [0, 0.05) is 12.8 Å². The van der Waals surface area contributed by atoms with Crippen LogP contribution >= 0.6 is 7.82 Å². The molecule has 0 rings (SSSR count). The summed E-state index contributed by atoms with van der Waals surface area (Å²) in [5, 5.41) is 3.03. The second-order valence-corrected chi connectivity index (χ2v) is 21.9. The normalized spacial score (nSPS) is 14.2. The van der Waals surface area contributed by atoms with Crippen LogP contribution in [-0.2, 0) is 27.9 Å². The Labute approximate surface area is 426 Å². The number of carbonyl (C=O) groups excluding carboxylic acids is 2. The summed E-state index contributed by atoms with van der Waals surface area (Å²) in [4.78, 5) is 37.5. The third kappa shape index (κ3) is 50.4. The predicted molar refractivity (Wildman–Crippen MR) is 295 cm³/mol. The Hall–Kier alpha value is -2.29. The van der Waals surface area contributed by atoms with Crippen LogP contribution in [0.25, 0.3) is 0 Å². The molecular formula is C59H110N2O7P+. The molecule has 0 aromatic rings. The second-order valence-electron chi connectivity index (χ2n) is 20.5. The number of rotatable bonds is 51. The highest BCUT2D eigenvalue weighted by Gasteiger charge is 2.30. The average Bonchev–Trinajstić information content (AvgIpc) is 3.31. The van der Waals surface area contributed by atoms with E-state index in [-0.39, 0.29) is 31.5 Å². The van der Waals surface area contributed by atoms with Crippen molar-refractivity contribution in [1.82, 2.24) is 5.32 Å². The smallest absolute Gasteiger partial charge is 0.456 e. The van der Waals surface area contributed by atoms with E-state index in [1.54, 1.807) is 0 Å². The number of hydrogen-bond acceptors (Lipinski definition) is 6. The molecule has 1 amide bonds. The van der Waals surface area contributed by atoms with Crippen molar-refractivity contribution in [1.29, 1.82) is 0 Å². The number of amides is 1. The van der Waals surface area contributed by atoms with E-state index < -0.39 is 20.0 Å². The van der Waals surface area contributed by atoms with Crippen molar-refractivity contribution in [3.63, 3.8) is 0 Å². The first-order valence-electron chi connectivity index (χ1n) is 28.6. The molecule has 3 atom stereocenters. The number of nitrogens with one attached hydrogen (secondary N) is 1. The standard InChI is InChI=1S/C59H109N2O7P/c1-7-10-13-16-19-22-25-28-30-31-32-33-36-39-42-45-48-51-58(62)60-56(55-67-69(64,65)66-54-53-61(4,5)6)57(50-47-44-41-38-35-27-24-21-18-15-12-9-3)68-59(63)52-49-46-43-40-37-34-29-26-23-20-17-14-11-8-2/h19,22,28,30,32-34,37,47,50,56-57H,7-18,20-21,23-27,29,31,35-36,38-46,48-49,51-55H2,1-6H3,(H-,60,62,64,65)/p+1/b22-19-,30-28-,33-32-,37-34-,50-47+. The van der Waals surface area contributed by atoms with Crippen LogP contribution in [0.5, 0.6) is 0 Å². The van der Waals surface area contributed by atoms with Gasteiger partial charge in [-0.1, -0.05) is 204 Å². The zero-order chi connectivity index (χ0) is 50.8. The van der Waals surface area contributed by atoms with E-state index in [1.165, 1.54) is 122 Å². The van der Waals surface area contributed by atoms with Gasteiger partial charge in [0.05, 0.1) is 33.8 Å². The third-order valence-corrected chi connectivity index (χ3v) is 13.4. The lowest BCUT2D eigenvalue weighted by molar-refractivity contribution is -0.870. The fourth-order valence-corrected chi connectivity index (χ4v) is 8.68. The number of ether oxygens (including phenoxy) is 1. The minimum atomic E-state index is -4.45. The number of hydrogen-bond donors (Lipinski definition) is 2. The van der Waals surface area contributed by atoms with E-state index in [0.717, 1.165) is 89.9 Å². The highest BCUT2D eigenvalue weighted by molar-refractivity contribution is 7.47. The van der Waals surface area contributed by atoms with Crippen LogP contribution in [0, 0.1) is 0 Å². The molecule has 10 heteroatoms. The number of carbonyl (C=O) groups is 2. The van der Waals surface area contributed by atoms with E-state index in [9.17, 15) is 19.0 Å². The Bertz CT molecular complexity index is 1370. The summed E-state index contributed by atoms with van der Waals surface area (Å²) in [7, 11) is 1.47. The molecule has 2 N–H and O–H groups in total. The van der Waals surface area contributed by atoms with Crippen LogP contribution in [0.3, 0.4) is 0 Å². The van der Waals surface area contributed by atoms with E-state index >= 15 is 0 Å². The number of allylic oxidation sites excluding steroid dienone is 9. The van der Waals surface area contributed by atoms with Crippen molar-refractivity contribution >= 4 is 19.7 Å². The Morgan fingerprint density at radius 3 is 1.38 bits per heavy atom. The van der Waals surface area contributed by atoms with Crippen molar-refractivity contribution in [3.8, 4) is 0 Å². The van der Waals surface area contributed by atoms with Gasteiger partial charge in [-0.25, -0.2) is 4.57 Å². The van der Waals surface area contributed by atoms with Gasteiger partial charge >= 0.3 is 13.8 Å². The van der Waals surface area contributed by atoms with Crippen molar-refractivity contribution in [2.45, 2.75) is 264 Å². The number of phosphoric acid groups is 1. The summed E-state index contributed by atoms with van der Waals surface area (Å²) in [6, 6.07) is -0.865. The van der Waals surface area contributed by atoms with Crippen LogP contribution in [0.4, 0.5) is 0 Å². The van der Waals surface area contributed by atoms with E-state index in [4.69, 9.17) is 13.8 Å². The Balaban J connectivity index is 5.42. The van der Waals surface area contributed by atoms with Gasteiger partial charge in [0.25, 0.3) is 0 Å². The molecule has 69 heavy (non-hydrogen) atoms. The largest absolute Gasteiger partial charge is 0.472 e. The lowest BCUT2D eigenvalue weighted by Crippen LogP contribution is -2.47. The van der Waals surface area contributed by atoms with Crippen LogP contribution in [-0.4, -0.2) is 74.3 Å². The number of unbranched alkanes of at least 4 members (excludes halogenated alkanes) is 27. The first kappa shape index (κ1) is 66.7. The van der Waals surface area contributed by atoms with Crippen LogP contribution in [0.1, 0.15) is 252 Å². The molecule has 0 aliphatic carbocycles. The van der Waals surface area contributed by atoms with Crippen LogP contribution < -0.4 is 5.32 Å². The van der Waals surface area contributed by atoms with Gasteiger partial charge < -0.3 is 19.4 Å². The Kier molecular flexibility index (Phi) is 47.7. The highest BCUT2D eigenvalue weighted by Crippen LogP contribution is 2.43. The minimum Gasteiger partial charge on any atom is -0.456 e. The Morgan fingerprint density at radius 2 is 0.884 bits per heavy atom. The van der Waals surface area contributed by atoms with E-state index in [2.05, 4.69) is 74.7 Å². The SMILES string of the molecule is CCCCC/C=C\C/C=C\C/C=C\CCCCCCC(=O)NC(COP(=O)(O)OCC[N+](C)(C)C)C(/C=C/CCCCCCCCCCCC)OC(=O)CCCCC/C=C\CCCCCCCCC. The summed E-state index contributed by atoms with van der Waals surface area (Å²) >= 11 is 0.